The molecule has 90 valence electrons. The number of aliphatic hydroxyl groups is 2. The van der Waals surface area contributed by atoms with Crippen LogP contribution in [0.1, 0.15) is 31.9 Å². The Morgan fingerprint density at radius 3 is 2.50 bits per heavy atom. The quantitative estimate of drug-likeness (QED) is 0.774. The minimum atomic E-state index is -0.478. The lowest BCUT2D eigenvalue weighted by molar-refractivity contribution is 0.199. The van der Waals surface area contributed by atoms with Gasteiger partial charge in [0.15, 0.2) is 0 Å². The summed E-state index contributed by atoms with van der Waals surface area (Å²) in [4.78, 5) is 2.11. The Balaban J connectivity index is 2.97. The predicted octanol–water partition coefficient (Wildman–Crippen LogP) is 1.95. The Morgan fingerprint density at radius 1 is 1.25 bits per heavy atom. The monoisotopic (exact) mass is 223 g/mol. The smallest absolute Gasteiger partial charge is 0.0781 e. The second-order valence-electron chi connectivity index (χ2n) is 3.95. The van der Waals surface area contributed by atoms with Crippen molar-refractivity contribution in [1.29, 1.82) is 0 Å². The molecule has 0 aliphatic rings. The van der Waals surface area contributed by atoms with Gasteiger partial charge in [0.2, 0.25) is 0 Å². The average Bonchev–Trinajstić information content (AvgIpc) is 2.29. The Bertz CT molecular complexity index is 307. The van der Waals surface area contributed by atoms with Crippen molar-refractivity contribution in [3.63, 3.8) is 0 Å². The van der Waals surface area contributed by atoms with E-state index < -0.39 is 6.10 Å². The van der Waals surface area contributed by atoms with Crippen LogP contribution in [0, 0.1) is 0 Å². The molecule has 0 aliphatic carbocycles. The van der Waals surface area contributed by atoms with E-state index in [4.69, 9.17) is 5.11 Å². The molecule has 0 saturated carbocycles. The third-order valence-electron chi connectivity index (χ3n) is 2.59. The van der Waals surface area contributed by atoms with E-state index in [9.17, 15) is 5.11 Å². The first-order chi connectivity index (χ1) is 7.70. The number of hydrogen-bond donors (Lipinski definition) is 2. The summed E-state index contributed by atoms with van der Waals surface area (Å²) in [6.07, 6.45) is 0.544. The molecular weight excluding hydrogens is 202 g/mol. The van der Waals surface area contributed by atoms with Gasteiger partial charge in [0.05, 0.1) is 12.7 Å². The third-order valence-corrected chi connectivity index (χ3v) is 2.59. The molecule has 1 unspecified atom stereocenters. The lowest BCUT2D eigenvalue weighted by Crippen LogP contribution is -2.28. The van der Waals surface area contributed by atoms with E-state index in [1.54, 1.807) is 6.92 Å². The Hall–Kier alpha value is -1.06. The number of aliphatic hydroxyl groups excluding tert-OH is 2. The Kier molecular flexibility index (Phi) is 5.29. The molecule has 0 amide bonds. The van der Waals surface area contributed by atoms with Crippen molar-refractivity contribution >= 4 is 5.69 Å². The van der Waals surface area contributed by atoms with E-state index >= 15 is 0 Å². The molecule has 1 rings (SSSR count). The van der Waals surface area contributed by atoms with Crippen LogP contribution in [0.5, 0.6) is 0 Å². The fourth-order valence-corrected chi connectivity index (χ4v) is 1.87. The largest absolute Gasteiger partial charge is 0.395 e. The number of anilines is 1. The van der Waals surface area contributed by atoms with Crippen molar-refractivity contribution in [2.45, 2.75) is 26.4 Å². The summed E-state index contributed by atoms with van der Waals surface area (Å²) in [5.41, 5.74) is 1.94. The SMILES string of the molecule is CCCN(CCO)c1ccccc1C(C)O. The first-order valence-electron chi connectivity index (χ1n) is 5.83. The maximum atomic E-state index is 9.70. The number of hydrogen-bond acceptors (Lipinski definition) is 3. The molecule has 0 saturated heterocycles. The normalized spacial score (nSPS) is 12.5. The van der Waals surface area contributed by atoms with Gasteiger partial charge in [-0.1, -0.05) is 25.1 Å². The van der Waals surface area contributed by atoms with E-state index in [0.29, 0.717) is 6.54 Å². The van der Waals surface area contributed by atoms with Gasteiger partial charge in [-0.15, -0.1) is 0 Å². The molecule has 0 bridgehead atoms. The zero-order valence-corrected chi connectivity index (χ0v) is 10.1. The third kappa shape index (κ3) is 3.22. The summed E-state index contributed by atoms with van der Waals surface area (Å²) in [5, 5.41) is 18.8. The second-order valence-corrected chi connectivity index (χ2v) is 3.95. The van der Waals surface area contributed by atoms with Gasteiger partial charge in [-0.25, -0.2) is 0 Å². The van der Waals surface area contributed by atoms with E-state index in [1.165, 1.54) is 0 Å². The molecule has 0 radical (unpaired) electrons. The molecule has 3 nitrogen and oxygen atoms in total. The second kappa shape index (κ2) is 6.51. The van der Waals surface area contributed by atoms with E-state index in [1.807, 2.05) is 24.3 Å². The summed E-state index contributed by atoms with van der Waals surface area (Å²) in [6, 6.07) is 7.81. The molecular formula is C13H21NO2. The maximum Gasteiger partial charge on any atom is 0.0781 e. The lowest BCUT2D eigenvalue weighted by Gasteiger charge is -2.26. The minimum absolute atomic E-state index is 0.133. The van der Waals surface area contributed by atoms with Gasteiger partial charge in [0.25, 0.3) is 0 Å². The van der Waals surface area contributed by atoms with E-state index in [0.717, 1.165) is 24.2 Å². The van der Waals surface area contributed by atoms with Crippen LogP contribution in [0.15, 0.2) is 24.3 Å². The fourth-order valence-electron chi connectivity index (χ4n) is 1.87. The van der Waals surface area contributed by atoms with Gasteiger partial charge in [-0.2, -0.15) is 0 Å². The molecule has 2 N–H and O–H groups in total. The van der Waals surface area contributed by atoms with Crippen molar-refractivity contribution in [1.82, 2.24) is 0 Å². The van der Waals surface area contributed by atoms with Crippen LogP contribution < -0.4 is 4.90 Å². The van der Waals surface area contributed by atoms with E-state index in [2.05, 4.69) is 11.8 Å². The first kappa shape index (κ1) is 13.0. The van der Waals surface area contributed by atoms with Gasteiger partial charge < -0.3 is 15.1 Å². The maximum absolute atomic E-state index is 9.70. The fraction of sp³-hybridized carbons (Fsp3) is 0.538. The van der Waals surface area contributed by atoms with Gasteiger partial charge in [-0.05, 0) is 19.4 Å². The van der Waals surface area contributed by atoms with Crippen LogP contribution in [-0.2, 0) is 0 Å². The van der Waals surface area contributed by atoms with Crippen molar-refractivity contribution in [2.75, 3.05) is 24.6 Å². The first-order valence-corrected chi connectivity index (χ1v) is 5.83. The van der Waals surface area contributed by atoms with Crippen molar-refractivity contribution in [3.8, 4) is 0 Å². The topological polar surface area (TPSA) is 43.7 Å². The van der Waals surface area contributed by atoms with Crippen LogP contribution in [0.25, 0.3) is 0 Å². The zero-order chi connectivity index (χ0) is 12.0. The number of para-hydroxylation sites is 1. The van der Waals surface area contributed by atoms with Crippen LogP contribution in [0.2, 0.25) is 0 Å². The molecule has 0 aliphatic heterocycles. The highest BCUT2D eigenvalue weighted by molar-refractivity contribution is 5.54. The molecule has 0 heterocycles. The minimum Gasteiger partial charge on any atom is -0.395 e. The average molecular weight is 223 g/mol. The van der Waals surface area contributed by atoms with Gasteiger partial charge in [-0.3, -0.25) is 0 Å². The van der Waals surface area contributed by atoms with Crippen LogP contribution >= 0.6 is 0 Å². The number of nitrogens with zero attached hydrogens (tertiary/aromatic N) is 1. The number of rotatable bonds is 6. The predicted molar refractivity (Wildman–Crippen MR) is 66.7 cm³/mol. The molecule has 0 aromatic heterocycles. The molecule has 1 atom stereocenters. The molecule has 1 aromatic rings. The van der Waals surface area contributed by atoms with Gasteiger partial charge in [0, 0.05) is 24.3 Å². The highest BCUT2D eigenvalue weighted by atomic mass is 16.3. The van der Waals surface area contributed by atoms with Crippen molar-refractivity contribution < 1.29 is 10.2 Å². The standard InChI is InChI=1S/C13H21NO2/c1-3-8-14(9-10-15)13-7-5-4-6-12(13)11(2)16/h4-7,11,15-16H,3,8-10H2,1-2H3. The highest BCUT2D eigenvalue weighted by Gasteiger charge is 2.12. The number of benzene rings is 1. The van der Waals surface area contributed by atoms with E-state index in [-0.39, 0.29) is 6.61 Å². The highest BCUT2D eigenvalue weighted by Crippen LogP contribution is 2.26. The molecule has 3 heteroatoms. The molecule has 16 heavy (non-hydrogen) atoms. The van der Waals surface area contributed by atoms with Crippen LogP contribution in [0.3, 0.4) is 0 Å². The van der Waals surface area contributed by atoms with Crippen LogP contribution in [-0.4, -0.2) is 29.9 Å². The zero-order valence-electron chi connectivity index (χ0n) is 10.1. The van der Waals surface area contributed by atoms with Crippen molar-refractivity contribution in [3.05, 3.63) is 29.8 Å². The molecule has 1 aromatic carbocycles. The van der Waals surface area contributed by atoms with Crippen LogP contribution in [0.4, 0.5) is 5.69 Å². The summed E-state index contributed by atoms with van der Waals surface area (Å²) in [6.45, 7) is 5.51. The summed E-state index contributed by atoms with van der Waals surface area (Å²) < 4.78 is 0. The summed E-state index contributed by atoms with van der Waals surface area (Å²) in [5.74, 6) is 0. The summed E-state index contributed by atoms with van der Waals surface area (Å²) in [7, 11) is 0. The molecule has 0 spiro atoms. The van der Waals surface area contributed by atoms with Gasteiger partial charge in [0.1, 0.15) is 0 Å². The Morgan fingerprint density at radius 2 is 1.94 bits per heavy atom. The lowest BCUT2D eigenvalue weighted by atomic mass is 10.1. The van der Waals surface area contributed by atoms with Crippen molar-refractivity contribution in [2.24, 2.45) is 0 Å². The molecule has 0 fully saturated rings. The Labute approximate surface area is 97.3 Å². The van der Waals surface area contributed by atoms with Gasteiger partial charge >= 0.3 is 0 Å². The summed E-state index contributed by atoms with van der Waals surface area (Å²) >= 11 is 0.